The van der Waals surface area contributed by atoms with Crippen molar-refractivity contribution in [1.82, 2.24) is 14.4 Å². The molecule has 4 heteroatoms. The molecule has 0 aliphatic carbocycles. The van der Waals surface area contributed by atoms with Crippen LogP contribution in [0.4, 0.5) is 0 Å². The molecule has 0 unspecified atom stereocenters. The lowest BCUT2D eigenvalue weighted by atomic mass is 10.1. The van der Waals surface area contributed by atoms with Crippen molar-refractivity contribution in [2.24, 2.45) is 0 Å². The smallest absolute Gasteiger partial charge is 0.155 e. The number of rotatable bonds is 1. The lowest BCUT2D eigenvalue weighted by Gasteiger charge is -2.05. The summed E-state index contributed by atoms with van der Waals surface area (Å²) in [6.45, 7) is 1.97. The minimum absolute atomic E-state index is 0.279. The van der Waals surface area contributed by atoms with Crippen molar-refractivity contribution >= 4 is 5.65 Å². The first kappa shape index (κ1) is 9.84. The molecule has 3 aromatic rings. The van der Waals surface area contributed by atoms with Gasteiger partial charge in [-0.25, -0.2) is 4.98 Å². The average molecular weight is 225 g/mol. The van der Waals surface area contributed by atoms with Crippen LogP contribution in [0.25, 0.3) is 16.9 Å². The van der Waals surface area contributed by atoms with Crippen LogP contribution in [0.2, 0.25) is 0 Å². The molecule has 0 fully saturated rings. The highest BCUT2D eigenvalue weighted by atomic mass is 16.3. The summed E-state index contributed by atoms with van der Waals surface area (Å²) in [4.78, 5) is 8.33. The van der Waals surface area contributed by atoms with Gasteiger partial charge in [0.2, 0.25) is 0 Å². The van der Waals surface area contributed by atoms with Crippen LogP contribution in [0, 0.1) is 6.92 Å². The number of aryl methyl sites for hydroxylation is 1. The largest absolute Gasteiger partial charge is 0.508 e. The predicted molar refractivity (Wildman–Crippen MR) is 64.8 cm³/mol. The van der Waals surface area contributed by atoms with Crippen LogP contribution in [0.3, 0.4) is 0 Å². The zero-order valence-corrected chi connectivity index (χ0v) is 9.33. The molecule has 0 spiro atoms. The molecule has 0 saturated carbocycles. The monoisotopic (exact) mass is 225 g/mol. The number of nitrogens with zero attached hydrogens (tertiary/aromatic N) is 3. The van der Waals surface area contributed by atoms with E-state index in [1.54, 1.807) is 24.5 Å². The third-order valence-electron chi connectivity index (χ3n) is 2.80. The van der Waals surface area contributed by atoms with Crippen LogP contribution in [0.1, 0.15) is 5.56 Å². The second-order valence-electron chi connectivity index (χ2n) is 3.95. The fraction of sp³-hybridized carbons (Fsp3) is 0.0769. The maximum atomic E-state index is 9.42. The van der Waals surface area contributed by atoms with E-state index >= 15 is 0 Å². The van der Waals surface area contributed by atoms with E-state index in [2.05, 4.69) is 9.97 Å². The van der Waals surface area contributed by atoms with E-state index in [0.29, 0.717) is 0 Å². The Morgan fingerprint density at radius 2 is 2.12 bits per heavy atom. The topological polar surface area (TPSA) is 50.4 Å². The highest BCUT2D eigenvalue weighted by molar-refractivity contribution is 5.67. The number of phenolic OH excluding ortho intramolecular Hbond substituents is 1. The molecule has 0 aliphatic heterocycles. The summed E-state index contributed by atoms with van der Waals surface area (Å²) >= 11 is 0. The Kier molecular flexibility index (Phi) is 2.08. The first-order valence-electron chi connectivity index (χ1n) is 5.33. The van der Waals surface area contributed by atoms with Crippen LogP contribution >= 0.6 is 0 Å². The number of aromatic nitrogens is 3. The summed E-state index contributed by atoms with van der Waals surface area (Å²) in [5.74, 6) is 0.279. The summed E-state index contributed by atoms with van der Waals surface area (Å²) in [5.41, 5.74) is 3.89. The number of hydrogen-bond donors (Lipinski definition) is 1. The summed E-state index contributed by atoms with van der Waals surface area (Å²) < 4.78 is 1.98. The van der Waals surface area contributed by atoms with Crippen LogP contribution in [0.15, 0.2) is 43.0 Å². The average Bonchev–Trinajstić information content (AvgIpc) is 2.73. The van der Waals surface area contributed by atoms with E-state index in [0.717, 1.165) is 22.5 Å². The number of phenols is 1. The Hall–Kier alpha value is -2.36. The van der Waals surface area contributed by atoms with Gasteiger partial charge in [-0.3, -0.25) is 9.38 Å². The van der Waals surface area contributed by atoms with Crippen molar-refractivity contribution in [2.45, 2.75) is 6.92 Å². The van der Waals surface area contributed by atoms with E-state index in [4.69, 9.17) is 0 Å². The summed E-state index contributed by atoms with van der Waals surface area (Å²) in [7, 11) is 0. The second-order valence-corrected chi connectivity index (χ2v) is 3.95. The summed E-state index contributed by atoms with van der Waals surface area (Å²) in [6, 6.07) is 5.33. The van der Waals surface area contributed by atoms with E-state index in [1.165, 1.54) is 0 Å². The molecule has 1 N–H and O–H groups in total. The Bertz CT molecular complexity index is 688. The Balaban J connectivity index is 2.27. The van der Waals surface area contributed by atoms with E-state index in [9.17, 15) is 5.11 Å². The lowest BCUT2D eigenvalue weighted by Crippen LogP contribution is -1.90. The maximum Gasteiger partial charge on any atom is 0.155 e. The molecule has 3 rings (SSSR count). The minimum atomic E-state index is 0.279. The molecule has 1 aromatic carbocycles. The lowest BCUT2D eigenvalue weighted by molar-refractivity contribution is 0.475. The Labute approximate surface area is 98.2 Å². The Morgan fingerprint density at radius 1 is 1.24 bits per heavy atom. The van der Waals surface area contributed by atoms with Crippen molar-refractivity contribution < 1.29 is 5.11 Å². The van der Waals surface area contributed by atoms with Gasteiger partial charge >= 0.3 is 0 Å². The van der Waals surface area contributed by atoms with Gasteiger partial charge in [-0.1, -0.05) is 0 Å². The zero-order chi connectivity index (χ0) is 11.8. The molecule has 0 amide bonds. The fourth-order valence-corrected chi connectivity index (χ4v) is 1.98. The van der Waals surface area contributed by atoms with E-state index < -0.39 is 0 Å². The van der Waals surface area contributed by atoms with Gasteiger partial charge < -0.3 is 5.11 Å². The quantitative estimate of drug-likeness (QED) is 0.691. The van der Waals surface area contributed by atoms with Crippen molar-refractivity contribution in [3.05, 3.63) is 48.5 Å². The van der Waals surface area contributed by atoms with Gasteiger partial charge in [0.25, 0.3) is 0 Å². The van der Waals surface area contributed by atoms with Gasteiger partial charge in [0.05, 0.1) is 18.1 Å². The van der Waals surface area contributed by atoms with Gasteiger partial charge in [-0.05, 0) is 30.7 Å². The van der Waals surface area contributed by atoms with E-state index in [-0.39, 0.29) is 5.75 Å². The predicted octanol–water partition coefficient (Wildman–Crippen LogP) is 2.41. The van der Waals surface area contributed by atoms with Gasteiger partial charge in [0.15, 0.2) is 5.65 Å². The third-order valence-corrected chi connectivity index (χ3v) is 2.80. The van der Waals surface area contributed by atoms with Gasteiger partial charge in [-0.2, -0.15) is 0 Å². The summed E-state index contributed by atoms with van der Waals surface area (Å²) in [6.07, 6.45) is 7.15. The minimum Gasteiger partial charge on any atom is -0.508 e. The molecular formula is C13H11N3O. The molecular weight excluding hydrogens is 214 g/mol. The van der Waals surface area contributed by atoms with Crippen LogP contribution in [-0.2, 0) is 0 Å². The van der Waals surface area contributed by atoms with Gasteiger partial charge in [0.1, 0.15) is 5.75 Å². The molecule has 84 valence electrons. The van der Waals surface area contributed by atoms with Crippen LogP contribution < -0.4 is 0 Å². The van der Waals surface area contributed by atoms with Gasteiger partial charge in [-0.15, -0.1) is 0 Å². The van der Waals surface area contributed by atoms with Crippen molar-refractivity contribution in [1.29, 1.82) is 0 Å². The third kappa shape index (κ3) is 1.54. The second kappa shape index (κ2) is 3.59. The number of hydrogen-bond acceptors (Lipinski definition) is 3. The fourth-order valence-electron chi connectivity index (χ4n) is 1.98. The molecule has 2 aromatic heterocycles. The highest BCUT2D eigenvalue weighted by Gasteiger charge is 2.08. The van der Waals surface area contributed by atoms with E-state index in [1.807, 2.05) is 29.8 Å². The number of imidazole rings is 1. The van der Waals surface area contributed by atoms with Crippen LogP contribution in [-0.4, -0.2) is 19.5 Å². The standard InChI is InChI=1S/C13H11N3O/c1-9-6-10(17)2-3-11(9)12-7-15-13-8-14-4-5-16(12)13/h2-8,17H,1H3. The molecule has 0 bridgehead atoms. The number of aromatic hydroxyl groups is 1. The molecule has 0 aliphatic rings. The Morgan fingerprint density at radius 3 is 2.94 bits per heavy atom. The molecule has 0 radical (unpaired) electrons. The van der Waals surface area contributed by atoms with Gasteiger partial charge in [0, 0.05) is 18.0 Å². The molecule has 2 heterocycles. The van der Waals surface area contributed by atoms with Crippen LogP contribution in [0.5, 0.6) is 5.75 Å². The van der Waals surface area contributed by atoms with Crippen molar-refractivity contribution in [2.75, 3.05) is 0 Å². The first-order valence-corrected chi connectivity index (χ1v) is 5.33. The van der Waals surface area contributed by atoms with Crippen molar-refractivity contribution in [3.8, 4) is 17.0 Å². The normalized spacial score (nSPS) is 10.9. The molecule has 0 atom stereocenters. The number of benzene rings is 1. The summed E-state index contributed by atoms with van der Waals surface area (Å²) in [5, 5.41) is 9.42. The highest BCUT2D eigenvalue weighted by Crippen LogP contribution is 2.26. The van der Waals surface area contributed by atoms with Crippen molar-refractivity contribution in [3.63, 3.8) is 0 Å². The maximum absolute atomic E-state index is 9.42. The molecule has 0 saturated heterocycles. The number of fused-ring (bicyclic) bond motifs is 1. The zero-order valence-electron chi connectivity index (χ0n) is 9.33. The molecule has 17 heavy (non-hydrogen) atoms. The first-order chi connectivity index (χ1) is 8.25. The SMILES string of the molecule is Cc1cc(O)ccc1-c1cnc2cnccn12. The molecule has 4 nitrogen and oxygen atoms in total.